The van der Waals surface area contributed by atoms with Crippen molar-refractivity contribution in [2.45, 2.75) is 6.92 Å². The molecule has 0 amide bonds. The van der Waals surface area contributed by atoms with E-state index in [-0.39, 0.29) is 11.6 Å². The molecule has 3 aromatic rings. The van der Waals surface area contributed by atoms with Gasteiger partial charge in [0.1, 0.15) is 11.5 Å². The summed E-state index contributed by atoms with van der Waals surface area (Å²) in [5, 5.41) is 0.604. The van der Waals surface area contributed by atoms with Crippen LogP contribution >= 0.6 is 11.6 Å². The molecule has 3 nitrogen and oxygen atoms in total. The molecule has 0 N–H and O–H groups in total. The Hall–Kier alpha value is -2.33. The quantitative estimate of drug-likeness (QED) is 0.661. The maximum absolute atomic E-state index is 13.7. The minimum absolute atomic E-state index is 0.0122. The topological polar surface area (TPSA) is 31.2 Å². The predicted octanol–water partition coefficient (Wildman–Crippen LogP) is 4.60. The molecule has 0 aliphatic rings. The third kappa shape index (κ3) is 2.46. The molecule has 1 heterocycles. The third-order valence-corrected chi connectivity index (χ3v) is 3.63. The molecule has 0 fully saturated rings. The number of halogens is 2. The van der Waals surface area contributed by atoms with Gasteiger partial charge in [0.15, 0.2) is 0 Å². The smallest absolute Gasteiger partial charge is 0.355 e. The van der Waals surface area contributed by atoms with Crippen molar-refractivity contribution < 1.29 is 13.9 Å². The van der Waals surface area contributed by atoms with E-state index in [2.05, 4.69) is 0 Å². The second kappa shape index (κ2) is 5.81. The van der Waals surface area contributed by atoms with E-state index in [0.29, 0.717) is 16.6 Å². The zero-order chi connectivity index (χ0) is 15.7. The van der Waals surface area contributed by atoms with E-state index >= 15 is 0 Å². The third-order valence-electron chi connectivity index (χ3n) is 3.34. The molecule has 5 heteroatoms. The van der Waals surface area contributed by atoms with E-state index in [0.717, 1.165) is 5.69 Å². The fourth-order valence-corrected chi connectivity index (χ4v) is 2.57. The Morgan fingerprint density at radius 2 is 1.95 bits per heavy atom. The number of rotatable bonds is 3. The van der Waals surface area contributed by atoms with Gasteiger partial charge in [-0.15, -0.1) is 0 Å². The highest BCUT2D eigenvalue weighted by Gasteiger charge is 2.19. The Balaban J connectivity index is 2.32. The first-order chi connectivity index (χ1) is 10.6. The van der Waals surface area contributed by atoms with Crippen LogP contribution in [0.1, 0.15) is 17.4 Å². The molecule has 1 aromatic heterocycles. The van der Waals surface area contributed by atoms with Crippen molar-refractivity contribution in [1.82, 2.24) is 4.57 Å². The predicted molar refractivity (Wildman–Crippen MR) is 84.2 cm³/mol. The lowest BCUT2D eigenvalue weighted by Crippen LogP contribution is -2.10. The zero-order valence-electron chi connectivity index (χ0n) is 11.8. The molecule has 0 saturated carbocycles. The molecule has 2 aromatic carbocycles. The summed E-state index contributed by atoms with van der Waals surface area (Å²) in [6.45, 7) is 2.01. The first-order valence-corrected chi connectivity index (χ1v) is 7.22. The van der Waals surface area contributed by atoms with E-state index < -0.39 is 11.8 Å². The van der Waals surface area contributed by atoms with Crippen molar-refractivity contribution in [2.75, 3.05) is 6.61 Å². The number of esters is 1. The van der Waals surface area contributed by atoms with Crippen LogP contribution in [0.25, 0.3) is 16.6 Å². The van der Waals surface area contributed by atoms with E-state index in [1.807, 2.05) is 30.3 Å². The Morgan fingerprint density at radius 3 is 2.64 bits per heavy atom. The van der Waals surface area contributed by atoms with Crippen molar-refractivity contribution in [3.63, 3.8) is 0 Å². The average molecular weight is 318 g/mol. The molecule has 0 bridgehead atoms. The number of ether oxygens (including phenoxy) is 1. The van der Waals surface area contributed by atoms with Crippen LogP contribution in [0, 0.1) is 5.82 Å². The molecule has 0 saturated heterocycles. The second-order valence-electron chi connectivity index (χ2n) is 4.75. The number of hydrogen-bond donors (Lipinski definition) is 0. The summed E-state index contributed by atoms with van der Waals surface area (Å²) < 4.78 is 20.5. The molecular formula is C17H13ClFNO2. The van der Waals surface area contributed by atoms with Crippen LogP contribution in [-0.2, 0) is 4.74 Å². The lowest BCUT2D eigenvalue weighted by molar-refractivity contribution is 0.0517. The molecule has 0 aliphatic heterocycles. The van der Waals surface area contributed by atoms with Crippen LogP contribution in [0.4, 0.5) is 4.39 Å². The molecule has 112 valence electrons. The molecule has 3 rings (SSSR count). The summed E-state index contributed by atoms with van der Waals surface area (Å²) in [4.78, 5) is 12.2. The van der Waals surface area contributed by atoms with Gasteiger partial charge in [-0.25, -0.2) is 9.18 Å². The molecule has 0 spiro atoms. The molecule has 0 unspecified atom stereocenters. The minimum atomic E-state index is -0.519. The second-order valence-corrected chi connectivity index (χ2v) is 5.15. The molecule has 0 atom stereocenters. The van der Waals surface area contributed by atoms with Crippen molar-refractivity contribution in [3.05, 3.63) is 65.1 Å². The van der Waals surface area contributed by atoms with Gasteiger partial charge in [-0.1, -0.05) is 29.8 Å². The summed E-state index contributed by atoms with van der Waals surface area (Å²) >= 11 is 5.89. The van der Waals surface area contributed by atoms with Gasteiger partial charge in [0.25, 0.3) is 0 Å². The van der Waals surface area contributed by atoms with Crippen LogP contribution in [0.15, 0.2) is 48.5 Å². The van der Waals surface area contributed by atoms with E-state index in [1.165, 1.54) is 12.1 Å². The van der Waals surface area contributed by atoms with Crippen molar-refractivity contribution in [2.24, 2.45) is 0 Å². The SMILES string of the molecule is CCOC(=O)c1cc2cc(F)c(Cl)cc2n1-c1ccccc1. The van der Waals surface area contributed by atoms with E-state index in [9.17, 15) is 9.18 Å². The van der Waals surface area contributed by atoms with E-state index in [1.54, 1.807) is 17.6 Å². The molecule has 22 heavy (non-hydrogen) atoms. The Labute approximate surface area is 131 Å². The highest BCUT2D eigenvalue weighted by Crippen LogP contribution is 2.29. The van der Waals surface area contributed by atoms with Gasteiger partial charge in [0.2, 0.25) is 0 Å². The fraction of sp³-hybridized carbons (Fsp3) is 0.118. The number of carbonyl (C=O) groups is 1. The lowest BCUT2D eigenvalue weighted by atomic mass is 10.2. The van der Waals surface area contributed by atoms with Crippen molar-refractivity contribution >= 4 is 28.5 Å². The summed E-state index contributed by atoms with van der Waals surface area (Å²) in [6, 6.07) is 13.8. The maximum atomic E-state index is 13.7. The zero-order valence-corrected chi connectivity index (χ0v) is 12.6. The van der Waals surface area contributed by atoms with Gasteiger partial charge in [0, 0.05) is 11.1 Å². The highest BCUT2D eigenvalue weighted by atomic mass is 35.5. The standard InChI is InChI=1S/C17H13ClFNO2/c1-2-22-17(21)16-9-11-8-14(19)13(18)10-15(11)20(16)12-6-4-3-5-7-12/h3-10H,2H2,1H3. The number of para-hydroxylation sites is 1. The van der Waals surface area contributed by atoms with Gasteiger partial charge >= 0.3 is 5.97 Å². The summed E-state index contributed by atoms with van der Waals surface area (Å²) in [6.07, 6.45) is 0. The summed E-state index contributed by atoms with van der Waals surface area (Å²) in [5.41, 5.74) is 1.77. The van der Waals surface area contributed by atoms with Gasteiger partial charge < -0.3 is 9.30 Å². The number of carbonyl (C=O) groups excluding carboxylic acids is 1. The normalized spacial score (nSPS) is 10.9. The first kappa shape index (κ1) is 14.6. The van der Waals surface area contributed by atoms with Gasteiger partial charge in [-0.05, 0) is 37.3 Å². The van der Waals surface area contributed by atoms with Crippen LogP contribution in [0.2, 0.25) is 5.02 Å². The number of nitrogens with zero attached hydrogens (tertiary/aromatic N) is 1. The highest BCUT2D eigenvalue weighted by molar-refractivity contribution is 6.31. The Morgan fingerprint density at radius 1 is 1.23 bits per heavy atom. The van der Waals surface area contributed by atoms with Crippen LogP contribution in [0.3, 0.4) is 0 Å². The van der Waals surface area contributed by atoms with Gasteiger partial charge in [-0.2, -0.15) is 0 Å². The van der Waals surface area contributed by atoms with Crippen molar-refractivity contribution in [1.29, 1.82) is 0 Å². The summed E-state index contributed by atoms with van der Waals surface area (Å²) in [7, 11) is 0. The first-order valence-electron chi connectivity index (χ1n) is 6.85. The lowest BCUT2D eigenvalue weighted by Gasteiger charge is -2.10. The average Bonchev–Trinajstić information content (AvgIpc) is 2.87. The largest absolute Gasteiger partial charge is 0.461 e. The number of fused-ring (bicyclic) bond motifs is 1. The number of benzene rings is 2. The molecule has 0 radical (unpaired) electrons. The number of hydrogen-bond acceptors (Lipinski definition) is 2. The maximum Gasteiger partial charge on any atom is 0.355 e. The minimum Gasteiger partial charge on any atom is -0.461 e. The fourth-order valence-electron chi connectivity index (χ4n) is 2.41. The van der Waals surface area contributed by atoms with Crippen LogP contribution < -0.4 is 0 Å². The summed E-state index contributed by atoms with van der Waals surface area (Å²) in [5.74, 6) is -0.978. The Kier molecular flexibility index (Phi) is 3.86. The molecule has 0 aliphatic carbocycles. The van der Waals surface area contributed by atoms with Gasteiger partial charge in [-0.3, -0.25) is 0 Å². The monoisotopic (exact) mass is 317 g/mol. The van der Waals surface area contributed by atoms with Gasteiger partial charge in [0.05, 0.1) is 17.1 Å². The van der Waals surface area contributed by atoms with Crippen LogP contribution in [-0.4, -0.2) is 17.1 Å². The molecular weight excluding hydrogens is 305 g/mol. The van der Waals surface area contributed by atoms with Crippen molar-refractivity contribution in [3.8, 4) is 5.69 Å². The van der Waals surface area contributed by atoms with E-state index in [4.69, 9.17) is 16.3 Å². The van der Waals surface area contributed by atoms with Crippen LogP contribution in [0.5, 0.6) is 0 Å². The number of aromatic nitrogens is 1. The Bertz CT molecular complexity index is 843.